The van der Waals surface area contributed by atoms with Crippen molar-refractivity contribution >= 4 is 23.3 Å². The molecule has 0 fully saturated rings. The predicted molar refractivity (Wildman–Crippen MR) is 124 cm³/mol. The lowest BCUT2D eigenvalue weighted by atomic mass is 10.0. The van der Waals surface area contributed by atoms with Crippen molar-refractivity contribution < 1.29 is 18.7 Å². The molecule has 0 spiro atoms. The number of hydrogen-bond donors (Lipinski definition) is 1. The topological polar surface area (TPSA) is 61.9 Å². The van der Waals surface area contributed by atoms with Gasteiger partial charge in [0.25, 0.3) is 0 Å². The van der Waals surface area contributed by atoms with E-state index in [2.05, 4.69) is 19.2 Å². The number of hydrogen-bond acceptors (Lipinski definition) is 4. The van der Waals surface area contributed by atoms with Crippen LogP contribution in [0.1, 0.15) is 43.7 Å². The summed E-state index contributed by atoms with van der Waals surface area (Å²) in [5, 5.41) is 4.85. The number of benzene rings is 1. The Morgan fingerprint density at radius 2 is 2.03 bits per heavy atom. The Bertz CT molecular complexity index is 900. The maximum Gasteiger partial charge on any atom is 0.317 e. The van der Waals surface area contributed by atoms with Gasteiger partial charge < -0.3 is 19.9 Å². The molecule has 0 saturated heterocycles. The van der Waals surface area contributed by atoms with E-state index in [1.165, 1.54) is 17.0 Å². The van der Waals surface area contributed by atoms with Gasteiger partial charge in [-0.15, -0.1) is 11.3 Å². The number of amides is 3. The van der Waals surface area contributed by atoms with Crippen molar-refractivity contribution in [3.05, 3.63) is 52.0 Å². The third kappa shape index (κ3) is 6.22. The maximum absolute atomic E-state index is 13.4. The molecule has 0 radical (unpaired) electrons. The van der Waals surface area contributed by atoms with Crippen molar-refractivity contribution in [2.24, 2.45) is 5.92 Å². The molecule has 1 atom stereocenters. The number of ether oxygens (including phenoxy) is 1. The predicted octanol–water partition coefficient (Wildman–Crippen LogP) is 4.47. The Morgan fingerprint density at radius 3 is 2.72 bits per heavy atom. The molecular weight excluding hydrogens is 429 g/mol. The summed E-state index contributed by atoms with van der Waals surface area (Å²) in [6.45, 7) is 8.00. The minimum atomic E-state index is -0.321. The second-order valence-electron chi connectivity index (χ2n) is 8.36. The van der Waals surface area contributed by atoms with E-state index in [0.717, 1.165) is 18.4 Å². The van der Waals surface area contributed by atoms with E-state index >= 15 is 0 Å². The number of carbonyl (C=O) groups is 2. The fraction of sp³-hybridized carbons (Fsp3) is 0.500. The van der Waals surface area contributed by atoms with Crippen molar-refractivity contribution in [3.8, 4) is 5.75 Å². The lowest BCUT2D eigenvalue weighted by Gasteiger charge is -2.37. The van der Waals surface area contributed by atoms with Crippen molar-refractivity contribution in [2.45, 2.75) is 39.7 Å². The lowest BCUT2D eigenvalue weighted by molar-refractivity contribution is -0.135. The zero-order valence-corrected chi connectivity index (χ0v) is 19.8. The third-order valence-electron chi connectivity index (χ3n) is 5.55. The molecule has 32 heavy (non-hydrogen) atoms. The van der Waals surface area contributed by atoms with Crippen molar-refractivity contribution in [1.29, 1.82) is 0 Å². The monoisotopic (exact) mass is 461 g/mol. The smallest absolute Gasteiger partial charge is 0.317 e. The molecule has 1 aliphatic rings. The van der Waals surface area contributed by atoms with Crippen LogP contribution >= 0.6 is 11.3 Å². The number of thiophene rings is 1. The average Bonchev–Trinajstić information content (AvgIpc) is 3.25. The molecule has 0 bridgehead atoms. The van der Waals surface area contributed by atoms with Crippen LogP contribution in [0.4, 0.5) is 9.18 Å². The summed E-state index contributed by atoms with van der Waals surface area (Å²) in [7, 11) is 0. The molecule has 3 rings (SSSR count). The van der Waals surface area contributed by atoms with Crippen molar-refractivity contribution in [3.63, 3.8) is 0 Å². The molecule has 0 aliphatic carbocycles. The first-order chi connectivity index (χ1) is 15.4. The standard InChI is InChI=1S/C24H32FN3O3S/c1-4-26-24(30)27(12-9-17(2)3)15-23(29)28-13-10-22-20(11-14-32-22)21(28)16-31-19-7-5-18(25)6-8-19/h5-8,11,14,17,21H,4,9-10,12-13,15-16H2,1-3H3,(H,26,30)/t21-/m0/s1. The van der Waals surface area contributed by atoms with E-state index in [1.54, 1.807) is 28.4 Å². The van der Waals surface area contributed by atoms with E-state index in [4.69, 9.17) is 4.74 Å². The highest BCUT2D eigenvalue weighted by Gasteiger charge is 2.33. The van der Waals surface area contributed by atoms with E-state index in [1.807, 2.05) is 23.3 Å². The minimum Gasteiger partial charge on any atom is -0.491 e. The van der Waals surface area contributed by atoms with Gasteiger partial charge in [0.2, 0.25) is 5.91 Å². The van der Waals surface area contributed by atoms with Gasteiger partial charge >= 0.3 is 6.03 Å². The molecule has 2 heterocycles. The lowest BCUT2D eigenvalue weighted by Crippen LogP contribution is -2.50. The molecule has 1 aromatic heterocycles. The van der Waals surface area contributed by atoms with Crippen molar-refractivity contribution in [1.82, 2.24) is 15.1 Å². The average molecular weight is 462 g/mol. The van der Waals surface area contributed by atoms with Crippen LogP contribution < -0.4 is 10.1 Å². The largest absolute Gasteiger partial charge is 0.491 e. The number of urea groups is 1. The van der Waals surface area contributed by atoms with Crippen molar-refractivity contribution in [2.75, 3.05) is 32.8 Å². The van der Waals surface area contributed by atoms with Gasteiger partial charge in [-0.25, -0.2) is 9.18 Å². The van der Waals surface area contributed by atoms with Gasteiger partial charge in [0, 0.05) is 24.5 Å². The summed E-state index contributed by atoms with van der Waals surface area (Å²) in [5.41, 5.74) is 1.09. The maximum atomic E-state index is 13.4. The van der Waals surface area contributed by atoms with E-state index in [0.29, 0.717) is 31.3 Å². The minimum absolute atomic E-state index is 0.0328. The zero-order valence-electron chi connectivity index (χ0n) is 19.0. The van der Waals surface area contributed by atoms with Gasteiger partial charge in [0.05, 0.1) is 6.04 Å². The Labute approximate surface area is 193 Å². The van der Waals surface area contributed by atoms with Gasteiger partial charge in [-0.05, 0) is 67.0 Å². The molecule has 1 aliphatic heterocycles. The summed E-state index contributed by atoms with van der Waals surface area (Å²) in [4.78, 5) is 30.6. The Balaban J connectivity index is 1.74. The molecular formula is C24H32FN3O3S. The SMILES string of the molecule is CCNC(=O)N(CCC(C)C)CC(=O)N1CCc2sccc2[C@@H]1COc1ccc(F)cc1. The molecule has 0 unspecified atom stereocenters. The number of rotatable bonds is 9. The van der Waals surface area contributed by atoms with Crippen LogP contribution in [0.25, 0.3) is 0 Å². The van der Waals surface area contributed by atoms with Crippen LogP contribution in [0.15, 0.2) is 35.7 Å². The normalized spacial score (nSPS) is 15.4. The second-order valence-corrected chi connectivity index (χ2v) is 9.36. The van der Waals surface area contributed by atoms with Crippen LogP contribution in [0.3, 0.4) is 0 Å². The first-order valence-electron chi connectivity index (χ1n) is 11.2. The van der Waals surface area contributed by atoms with E-state index in [9.17, 15) is 14.0 Å². The summed E-state index contributed by atoms with van der Waals surface area (Å²) < 4.78 is 19.1. The quantitative estimate of drug-likeness (QED) is 0.599. The molecule has 6 nitrogen and oxygen atoms in total. The highest BCUT2D eigenvalue weighted by molar-refractivity contribution is 7.10. The fourth-order valence-corrected chi connectivity index (χ4v) is 4.69. The van der Waals surface area contributed by atoms with Gasteiger partial charge in [0.1, 0.15) is 24.7 Å². The first kappa shape index (κ1) is 24.0. The van der Waals surface area contributed by atoms with Gasteiger partial charge in [-0.2, -0.15) is 0 Å². The second kappa shape index (κ2) is 11.3. The Morgan fingerprint density at radius 1 is 1.28 bits per heavy atom. The Kier molecular flexibility index (Phi) is 8.50. The number of carbonyl (C=O) groups excluding carboxylic acids is 2. The molecule has 1 N–H and O–H groups in total. The summed E-state index contributed by atoms with van der Waals surface area (Å²) in [6, 6.07) is 7.46. The molecule has 8 heteroatoms. The zero-order chi connectivity index (χ0) is 23.1. The molecule has 0 saturated carbocycles. The van der Waals surface area contributed by atoms with Gasteiger partial charge in [0.15, 0.2) is 0 Å². The molecule has 2 aromatic rings. The van der Waals surface area contributed by atoms with Crippen LogP contribution in [-0.4, -0.2) is 54.5 Å². The molecule has 3 amide bonds. The Hall–Kier alpha value is -2.61. The highest BCUT2D eigenvalue weighted by Crippen LogP contribution is 2.34. The fourth-order valence-electron chi connectivity index (χ4n) is 3.76. The molecule has 1 aromatic carbocycles. The van der Waals surface area contributed by atoms with Gasteiger partial charge in [-0.1, -0.05) is 13.8 Å². The van der Waals surface area contributed by atoms with Crippen LogP contribution in [0, 0.1) is 11.7 Å². The van der Waals surface area contributed by atoms with Crippen LogP contribution in [0.2, 0.25) is 0 Å². The van der Waals surface area contributed by atoms with Gasteiger partial charge in [-0.3, -0.25) is 4.79 Å². The number of nitrogens with zero attached hydrogens (tertiary/aromatic N) is 2. The van der Waals surface area contributed by atoms with Crippen LogP contribution in [0.5, 0.6) is 5.75 Å². The summed E-state index contributed by atoms with van der Waals surface area (Å²) in [6.07, 6.45) is 1.62. The summed E-state index contributed by atoms with van der Waals surface area (Å²) >= 11 is 1.69. The van der Waals surface area contributed by atoms with Crippen LogP contribution in [-0.2, 0) is 11.2 Å². The third-order valence-corrected chi connectivity index (χ3v) is 6.55. The van der Waals surface area contributed by atoms with E-state index < -0.39 is 0 Å². The number of halogens is 1. The summed E-state index contributed by atoms with van der Waals surface area (Å²) in [5.74, 6) is 0.577. The van der Waals surface area contributed by atoms with E-state index in [-0.39, 0.29) is 36.9 Å². The highest BCUT2D eigenvalue weighted by atomic mass is 32.1. The molecule has 174 valence electrons. The number of nitrogens with one attached hydrogen (secondary N) is 1. The number of fused-ring (bicyclic) bond motifs is 1. The first-order valence-corrected chi connectivity index (χ1v) is 12.0.